The van der Waals surface area contributed by atoms with Crippen LogP contribution in [0.3, 0.4) is 0 Å². The van der Waals surface area contributed by atoms with Gasteiger partial charge in [0.15, 0.2) is 0 Å². The molecule has 0 atom stereocenters. The SMILES string of the molecule is C/C=C/c1ccc2ccccc2c1CC(C)=O. The van der Waals surface area contributed by atoms with E-state index in [1.54, 1.807) is 6.92 Å². The highest BCUT2D eigenvalue weighted by molar-refractivity contribution is 5.93. The van der Waals surface area contributed by atoms with Gasteiger partial charge in [0.2, 0.25) is 0 Å². The minimum absolute atomic E-state index is 0.201. The van der Waals surface area contributed by atoms with Crippen LogP contribution in [0.15, 0.2) is 42.5 Å². The second kappa shape index (κ2) is 4.96. The molecule has 1 heteroatoms. The Labute approximate surface area is 102 Å². The van der Waals surface area contributed by atoms with Crippen LogP contribution in [-0.4, -0.2) is 5.78 Å². The zero-order chi connectivity index (χ0) is 12.3. The first-order valence-electron chi connectivity index (χ1n) is 5.85. The molecule has 17 heavy (non-hydrogen) atoms. The van der Waals surface area contributed by atoms with Gasteiger partial charge < -0.3 is 0 Å². The highest BCUT2D eigenvalue weighted by Gasteiger charge is 2.07. The van der Waals surface area contributed by atoms with E-state index in [9.17, 15) is 4.79 Å². The summed E-state index contributed by atoms with van der Waals surface area (Å²) < 4.78 is 0. The van der Waals surface area contributed by atoms with Crippen molar-refractivity contribution in [2.75, 3.05) is 0 Å². The molecule has 0 N–H and O–H groups in total. The summed E-state index contributed by atoms with van der Waals surface area (Å²) in [5.74, 6) is 0.201. The number of allylic oxidation sites excluding steroid dienone is 1. The Balaban J connectivity index is 2.69. The predicted molar refractivity (Wildman–Crippen MR) is 73.0 cm³/mol. The minimum Gasteiger partial charge on any atom is -0.300 e. The molecule has 0 amide bonds. The van der Waals surface area contributed by atoms with Crippen LogP contribution in [0, 0.1) is 0 Å². The van der Waals surface area contributed by atoms with E-state index in [1.165, 1.54) is 10.8 Å². The van der Waals surface area contributed by atoms with Crippen molar-refractivity contribution in [3.8, 4) is 0 Å². The zero-order valence-corrected chi connectivity index (χ0v) is 10.2. The van der Waals surface area contributed by atoms with Crippen LogP contribution >= 0.6 is 0 Å². The quantitative estimate of drug-likeness (QED) is 0.770. The third kappa shape index (κ3) is 2.44. The number of ketones is 1. The average molecular weight is 224 g/mol. The molecule has 2 rings (SSSR count). The van der Waals surface area contributed by atoms with Crippen molar-refractivity contribution in [1.29, 1.82) is 0 Å². The molecule has 0 aliphatic carbocycles. The molecule has 0 aliphatic rings. The van der Waals surface area contributed by atoms with Gasteiger partial charge in [0.25, 0.3) is 0 Å². The number of hydrogen-bond acceptors (Lipinski definition) is 1. The largest absolute Gasteiger partial charge is 0.300 e. The second-order valence-electron chi connectivity index (χ2n) is 4.23. The van der Waals surface area contributed by atoms with E-state index >= 15 is 0 Å². The maximum atomic E-state index is 11.4. The number of fused-ring (bicyclic) bond motifs is 1. The van der Waals surface area contributed by atoms with Crippen molar-refractivity contribution in [1.82, 2.24) is 0 Å². The van der Waals surface area contributed by atoms with Crippen molar-refractivity contribution >= 4 is 22.6 Å². The lowest BCUT2D eigenvalue weighted by Crippen LogP contribution is -1.99. The number of carbonyl (C=O) groups excluding carboxylic acids is 1. The van der Waals surface area contributed by atoms with Gasteiger partial charge in [-0.05, 0) is 35.7 Å². The summed E-state index contributed by atoms with van der Waals surface area (Å²) in [6, 6.07) is 12.4. The van der Waals surface area contributed by atoms with Crippen LogP contribution in [0.25, 0.3) is 16.8 Å². The Kier molecular flexibility index (Phi) is 3.38. The predicted octanol–water partition coefficient (Wildman–Crippen LogP) is 4.00. The topological polar surface area (TPSA) is 17.1 Å². The van der Waals surface area contributed by atoms with E-state index in [0.717, 1.165) is 11.1 Å². The summed E-state index contributed by atoms with van der Waals surface area (Å²) in [5.41, 5.74) is 2.27. The summed E-state index contributed by atoms with van der Waals surface area (Å²) >= 11 is 0. The number of Topliss-reactive ketones (excluding diaryl/α,β-unsaturated/α-hetero) is 1. The smallest absolute Gasteiger partial charge is 0.134 e. The highest BCUT2D eigenvalue weighted by atomic mass is 16.1. The number of carbonyl (C=O) groups is 1. The number of benzene rings is 2. The van der Waals surface area contributed by atoms with Crippen molar-refractivity contribution in [3.05, 3.63) is 53.6 Å². The van der Waals surface area contributed by atoms with Gasteiger partial charge in [0.05, 0.1) is 0 Å². The average Bonchev–Trinajstić information content (AvgIpc) is 2.32. The third-order valence-corrected chi connectivity index (χ3v) is 2.85. The summed E-state index contributed by atoms with van der Waals surface area (Å²) in [6.07, 6.45) is 4.57. The van der Waals surface area contributed by atoms with Gasteiger partial charge in [-0.2, -0.15) is 0 Å². The van der Waals surface area contributed by atoms with Gasteiger partial charge in [-0.25, -0.2) is 0 Å². The number of rotatable bonds is 3. The van der Waals surface area contributed by atoms with Crippen molar-refractivity contribution in [3.63, 3.8) is 0 Å². The summed E-state index contributed by atoms with van der Waals surface area (Å²) in [7, 11) is 0. The first kappa shape index (κ1) is 11.6. The third-order valence-electron chi connectivity index (χ3n) is 2.85. The van der Waals surface area contributed by atoms with Crippen LogP contribution < -0.4 is 0 Å². The molecular formula is C16H16O. The first-order valence-corrected chi connectivity index (χ1v) is 5.85. The van der Waals surface area contributed by atoms with Crippen molar-refractivity contribution in [2.24, 2.45) is 0 Å². The van der Waals surface area contributed by atoms with Crippen LogP contribution in [-0.2, 0) is 11.2 Å². The molecule has 0 unspecified atom stereocenters. The fourth-order valence-corrected chi connectivity index (χ4v) is 2.13. The standard InChI is InChI=1S/C16H16O/c1-3-6-13-9-10-14-7-4-5-8-15(14)16(13)11-12(2)17/h3-10H,11H2,1-2H3/b6-3+. The summed E-state index contributed by atoms with van der Waals surface area (Å²) in [4.78, 5) is 11.4. The molecule has 0 fully saturated rings. The molecule has 2 aromatic carbocycles. The van der Waals surface area contributed by atoms with Crippen molar-refractivity contribution < 1.29 is 4.79 Å². The number of hydrogen-bond donors (Lipinski definition) is 0. The summed E-state index contributed by atoms with van der Waals surface area (Å²) in [5, 5.41) is 2.37. The van der Waals surface area contributed by atoms with Crippen molar-refractivity contribution in [2.45, 2.75) is 20.3 Å². The monoisotopic (exact) mass is 224 g/mol. The van der Waals surface area contributed by atoms with E-state index in [2.05, 4.69) is 30.3 Å². The lowest BCUT2D eigenvalue weighted by Gasteiger charge is -2.09. The Morgan fingerprint density at radius 2 is 1.94 bits per heavy atom. The molecule has 0 aromatic heterocycles. The maximum absolute atomic E-state index is 11.4. The molecular weight excluding hydrogens is 208 g/mol. The molecule has 0 spiro atoms. The fraction of sp³-hybridized carbons (Fsp3) is 0.188. The van der Waals surface area contributed by atoms with E-state index < -0.39 is 0 Å². The van der Waals surface area contributed by atoms with Gasteiger partial charge >= 0.3 is 0 Å². The van der Waals surface area contributed by atoms with Crippen LogP contribution in [0.4, 0.5) is 0 Å². The molecule has 2 aromatic rings. The molecule has 0 saturated heterocycles. The molecule has 0 saturated carbocycles. The van der Waals surface area contributed by atoms with E-state index in [1.807, 2.05) is 25.1 Å². The molecule has 0 radical (unpaired) electrons. The second-order valence-corrected chi connectivity index (χ2v) is 4.23. The highest BCUT2D eigenvalue weighted by Crippen LogP contribution is 2.24. The first-order chi connectivity index (χ1) is 8.22. The lowest BCUT2D eigenvalue weighted by atomic mass is 9.95. The van der Waals surface area contributed by atoms with Gasteiger partial charge in [-0.15, -0.1) is 0 Å². The zero-order valence-electron chi connectivity index (χ0n) is 10.2. The van der Waals surface area contributed by atoms with Crippen LogP contribution in [0.5, 0.6) is 0 Å². The fourth-order valence-electron chi connectivity index (χ4n) is 2.13. The Morgan fingerprint density at radius 3 is 2.65 bits per heavy atom. The minimum atomic E-state index is 0.201. The van der Waals surface area contributed by atoms with Gasteiger partial charge in [-0.1, -0.05) is 48.6 Å². The molecule has 0 heterocycles. The van der Waals surface area contributed by atoms with Crippen LogP contribution in [0.2, 0.25) is 0 Å². The van der Waals surface area contributed by atoms with E-state index in [0.29, 0.717) is 6.42 Å². The molecule has 0 aliphatic heterocycles. The Hall–Kier alpha value is -1.89. The molecule has 86 valence electrons. The van der Waals surface area contributed by atoms with Crippen LogP contribution in [0.1, 0.15) is 25.0 Å². The summed E-state index contributed by atoms with van der Waals surface area (Å²) in [6.45, 7) is 3.63. The van der Waals surface area contributed by atoms with Gasteiger partial charge in [0, 0.05) is 6.42 Å². The van der Waals surface area contributed by atoms with Gasteiger partial charge in [-0.3, -0.25) is 4.79 Å². The lowest BCUT2D eigenvalue weighted by molar-refractivity contribution is -0.116. The normalized spacial score (nSPS) is 11.2. The maximum Gasteiger partial charge on any atom is 0.134 e. The Bertz CT molecular complexity index is 579. The van der Waals surface area contributed by atoms with E-state index in [-0.39, 0.29) is 5.78 Å². The molecule has 0 bridgehead atoms. The Morgan fingerprint density at radius 1 is 1.18 bits per heavy atom. The molecule has 1 nitrogen and oxygen atoms in total. The van der Waals surface area contributed by atoms with E-state index in [4.69, 9.17) is 0 Å². The van der Waals surface area contributed by atoms with Gasteiger partial charge in [0.1, 0.15) is 5.78 Å².